The Balaban J connectivity index is 0.899. The van der Waals surface area contributed by atoms with E-state index in [0.717, 1.165) is 89.0 Å². The van der Waals surface area contributed by atoms with Crippen LogP contribution < -0.4 is 31.9 Å². The molecule has 6 aliphatic carbocycles. The van der Waals surface area contributed by atoms with Gasteiger partial charge in [0, 0.05) is 37.7 Å². The first-order chi connectivity index (χ1) is 35.3. The van der Waals surface area contributed by atoms with Gasteiger partial charge in [-0.2, -0.15) is 13.2 Å². The highest BCUT2D eigenvalue weighted by Gasteiger charge is 2.54. The lowest BCUT2D eigenvalue weighted by molar-refractivity contribution is -0.175. The van der Waals surface area contributed by atoms with E-state index in [1.165, 1.54) is 7.11 Å². The van der Waals surface area contributed by atoms with Crippen molar-refractivity contribution in [3.63, 3.8) is 0 Å². The number of alkyl halides is 3. The molecule has 2 aliphatic heterocycles. The van der Waals surface area contributed by atoms with E-state index in [0.29, 0.717) is 66.9 Å². The monoisotopic (exact) mass is 1030 g/mol. The Kier molecular flexibility index (Phi) is 14.4. The summed E-state index contributed by atoms with van der Waals surface area (Å²) in [6, 6.07) is 10.5. The lowest BCUT2D eigenvalue weighted by Gasteiger charge is -2.49. The largest absolute Gasteiger partial charge is 0.471 e. The zero-order valence-corrected chi connectivity index (χ0v) is 42.9. The van der Waals surface area contributed by atoms with Crippen molar-refractivity contribution in [1.82, 2.24) is 21.3 Å². The number of nitrogens with one attached hydrogen (secondary N) is 6. The Labute approximate surface area is 431 Å². The van der Waals surface area contributed by atoms with E-state index >= 15 is 0 Å². The number of ether oxygens (including phenoxy) is 3. The van der Waals surface area contributed by atoms with Crippen molar-refractivity contribution in [2.24, 2.45) is 46.3 Å². The third-order valence-electron chi connectivity index (χ3n) is 18.5. The standard InChI is InChI=1S/C56H73F3N6O9/c1-52(19-5-20-52)28-60-49(69)55(23-25-74-31-55)41-27-38(63-46(66)44(64-50(70)56(57,58)59)42(32-8-9-32)33-10-11-33)16-17-39(41)40-18-21-53(40,2)29-61-48(68)54(22-24-73-30-54)36-6-4-7-37(26-36)62-47(67)45(65-51(71)72-3)43(34-12-13-34)35-14-15-35/h4,6-7,16-17,26-27,32-35,40,42-45H,5,8-15,18-25,28-31H2,1-3H3,(H,60,69)(H,61,68)(H,62,67)(H,63,66)(H,64,70)(H,65,71)/t40?,44-,45-,53?,54?,55?/m0/s1. The van der Waals surface area contributed by atoms with Crippen molar-refractivity contribution in [2.75, 3.05) is 57.3 Å². The molecule has 15 nitrogen and oxygen atoms in total. The van der Waals surface area contributed by atoms with Gasteiger partial charge in [0.2, 0.25) is 23.6 Å². The number of anilines is 2. The number of benzene rings is 2. The molecule has 74 heavy (non-hydrogen) atoms. The van der Waals surface area contributed by atoms with Gasteiger partial charge in [-0.25, -0.2) is 4.79 Å². The highest BCUT2D eigenvalue weighted by molar-refractivity contribution is 5.99. The second kappa shape index (κ2) is 20.4. The van der Waals surface area contributed by atoms with E-state index < -0.39 is 58.3 Å². The average Bonchev–Trinajstić information content (AvgIpc) is 4.12. The Bertz CT molecular complexity index is 2470. The third kappa shape index (κ3) is 10.8. The van der Waals surface area contributed by atoms with Gasteiger partial charge in [-0.1, -0.05) is 38.5 Å². The van der Waals surface area contributed by atoms with Gasteiger partial charge in [-0.05, 0) is 183 Å². The second-order valence-electron chi connectivity index (χ2n) is 24.0. The van der Waals surface area contributed by atoms with Crippen molar-refractivity contribution < 1.29 is 56.1 Å². The fourth-order valence-electron chi connectivity index (χ4n) is 13.1. The van der Waals surface area contributed by atoms with Crippen molar-refractivity contribution in [3.05, 3.63) is 59.2 Å². The molecule has 18 heteroatoms. The van der Waals surface area contributed by atoms with Crippen LogP contribution in [-0.4, -0.2) is 101 Å². The number of hydrogen-bond donors (Lipinski definition) is 6. The summed E-state index contributed by atoms with van der Waals surface area (Å²) < 4.78 is 58.1. The number of rotatable bonds is 21. The number of amides is 6. The summed E-state index contributed by atoms with van der Waals surface area (Å²) in [5.74, 6) is -3.36. The molecule has 0 spiro atoms. The molecule has 8 fully saturated rings. The maximum absolute atomic E-state index is 14.8. The van der Waals surface area contributed by atoms with E-state index in [9.17, 15) is 41.9 Å². The van der Waals surface area contributed by atoms with Crippen LogP contribution in [0.25, 0.3) is 0 Å². The maximum Gasteiger partial charge on any atom is 0.471 e. The molecular formula is C56H73F3N6O9. The van der Waals surface area contributed by atoms with Crippen molar-refractivity contribution in [2.45, 2.75) is 145 Å². The smallest absolute Gasteiger partial charge is 0.453 e. The van der Waals surface area contributed by atoms with Crippen LogP contribution in [0.4, 0.5) is 29.3 Å². The molecule has 402 valence electrons. The average molecular weight is 1030 g/mol. The lowest BCUT2D eigenvalue weighted by atomic mass is 9.56. The molecule has 4 unspecified atom stereocenters. The Morgan fingerprint density at radius 1 is 0.662 bits per heavy atom. The summed E-state index contributed by atoms with van der Waals surface area (Å²) in [7, 11) is 1.28. The predicted molar refractivity (Wildman–Crippen MR) is 268 cm³/mol. The van der Waals surface area contributed by atoms with Crippen LogP contribution in [0.15, 0.2) is 42.5 Å². The van der Waals surface area contributed by atoms with E-state index in [-0.39, 0.29) is 66.6 Å². The minimum absolute atomic E-state index is 0.0122. The Morgan fingerprint density at radius 2 is 1.20 bits per heavy atom. The number of methoxy groups -OCH3 is 1. The summed E-state index contributed by atoms with van der Waals surface area (Å²) in [5.41, 5.74) is 0.281. The second-order valence-corrected chi connectivity index (χ2v) is 24.0. The number of carbonyl (C=O) groups excluding carboxylic acids is 6. The molecule has 10 rings (SSSR count). The van der Waals surface area contributed by atoms with Gasteiger partial charge in [-0.15, -0.1) is 0 Å². The molecule has 6 atom stereocenters. The van der Waals surface area contributed by atoms with Gasteiger partial charge >= 0.3 is 18.2 Å². The zero-order valence-electron chi connectivity index (χ0n) is 42.9. The Hall–Kier alpha value is -5.23. The summed E-state index contributed by atoms with van der Waals surface area (Å²) in [4.78, 5) is 82.7. The number of halogens is 3. The number of alkyl carbamates (subject to hydrolysis) is 1. The quantitative estimate of drug-likeness (QED) is 0.0731. The number of carbonyl (C=O) groups is 6. The molecule has 2 saturated heterocycles. The predicted octanol–water partition coefficient (Wildman–Crippen LogP) is 7.53. The van der Waals surface area contributed by atoms with Gasteiger partial charge in [0.05, 0.1) is 31.2 Å². The van der Waals surface area contributed by atoms with Gasteiger partial charge in [-0.3, -0.25) is 24.0 Å². The van der Waals surface area contributed by atoms with Crippen LogP contribution in [0.2, 0.25) is 0 Å². The van der Waals surface area contributed by atoms with Crippen LogP contribution in [-0.2, 0) is 49.0 Å². The molecule has 0 radical (unpaired) electrons. The fourth-order valence-corrected chi connectivity index (χ4v) is 13.1. The van der Waals surface area contributed by atoms with Crippen LogP contribution >= 0.6 is 0 Å². The molecule has 2 heterocycles. The van der Waals surface area contributed by atoms with Gasteiger partial charge in [0.25, 0.3) is 0 Å². The summed E-state index contributed by atoms with van der Waals surface area (Å²) in [6.45, 7) is 5.94. The minimum Gasteiger partial charge on any atom is -0.453 e. The molecule has 2 aromatic rings. The fraction of sp³-hybridized carbons (Fsp3) is 0.679. The first-order valence-corrected chi connectivity index (χ1v) is 27.2. The highest BCUT2D eigenvalue weighted by atomic mass is 19.4. The topological polar surface area (TPSA) is 202 Å². The van der Waals surface area contributed by atoms with Crippen LogP contribution in [0.1, 0.15) is 133 Å². The van der Waals surface area contributed by atoms with E-state index in [1.54, 1.807) is 24.3 Å². The lowest BCUT2D eigenvalue weighted by Crippen LogP contribution is -2.53. The van der Waals surface area contributed by atoms with Crippen LogP contribution in [0, 0.1) is 46.3 Å². The normalized spacial score (nSPS) is 28.0. The van der Waals surface area contributed by atoms with Crippen molar-refractivity contribution in [3.8, 4) is 0 Å². The van der Waals surface area contributed by atoms with E-state index in [1.807, 2.05) is 18.2 Å². The molecule has 0 aromatic heterocycles. The van der Waals surface area contributed by atoms with Gasteiger partial charge in [0.1, 0.15) is 12.1 Å². The summed E-state index contributed by atoms with van der Waals surface area (Å²) in [6.07, 6.45) is 6.72. The minimum atomic E-state index is -5.17. The van der Waals surface area contributed by atoms with E-state index in [4.69, 9.17) is 14.2 Å². The molecule has 6 saturated carbocycles. The van der Waals surface area contributed by atoms with Crippen molar-refractivity contribution >= 4 is 47.0 Å². The van der Waals surface area contributed by atoms with Crippen molar-refractivity contribution in [1.29, 1.82) is 0 Å². The van der Waals surface area contributed by atoms with Crippen LogP contribution in [0.5, 0.6) is 0 Å². The SMILES string of the molecule is COC(=O)N[C@H](C(=O)Nc1cccc(C2(C(=O)NCC3(C)CCC3c3ccc(NC(=O)[C@@H](NC(=O)C(F)(F)F)C(C4CC4)C4CC4)cc3C3(C(=O)NCC4(C)CCC4)CCOC3)CCOC2)c1)C(C1CC1)C1CC1. The molecule has 6 amide bonds. The zero-order chi connectivity index (χ0) is 52.2. The first kappa shape index (κ1) is 52.2. The Morgan fingerprint density at radius 3 is 1.69 bits per heavy atom. The summed E-state index contributed by atoms with van der Waals surface area (Å²) >= 11 is 0. The molecule has 6 N–H and O–H groups in total. The molecule has 0 bridgehead atoms. The van der Waals surface area contributed by atoms with E-state index in [2.05, 4.69) is 45.7 Å². The maximum atomic E-state index is 14.8. The third-order valence-corrected chi connectivity index (χ3v) is 18.5. The molecule has 2 aromatic carbocycles. The summed E-state index contributed by atoms with van der Waals surface area (Å²) in [5, 5.41) is 17.4. The molecular weight excluding hydrogens is 958 g/mol. The van der Waals surface area contributed by atoms with Gasteiger partial charge in [0.15, 0.2) is 0 Å². The molecule has 8 aliphatic rings. The first-order valence-electron chi connectivity index (χ1n) is 27.2. The van der Waals surface area contributed by atoms with Crippen LogP contribution in [0.3, 0.4) is 0 Å². The highest BCUT2D eigenvalue weighted by Crippen LogP contribution is 2.56. The van der Waals surface area contributed by atoms with Gasteiger partial charge < -0.3 is 46.1 Å². The number of hydrogen-bond acceptors (Lipinski definition) is 9.